The van der Waals surface area contributed by atoms with E-state index < -0.39 is 12.8 Å². The van der Waals surface area contributed by atoms with E-state index in [9.17, 15) is 18.0 Å². The lowest BCUT2D eigenvalue weighted by atomic mass is 9.99. The van der Waals surface area contributed by atoms with Gasteiger partial charge in [-0.1, -0.05) is 24.3 Å². The number of nitrogens with zero attached hydrogens (tertiary/aromatic N) is 1. The van der Waals surface area contributed by atoms with Gasteiger partial charge in [0, 0.05) is 19.6 Å². The molecular formula is C22H25F3N2O4. The molecule has 0 aromatic heterocycles. The Morgan fingerprint density at radius 1 is 1.03 bits per heavy atom. The summed E-state index contributed by atoms with van der Waals surface area (Å²) in [5, 5.41) is 2.88. The van der Waals surface area contributed by atoms with Crippen molar-refractivity contribution in [3.8, 4) is 11.5 Å². The van der Waals surface area contributed by atoms with E-state index in [1.54, 1.807) is 43.4 Å². The molecule has 6 nitrogen and oxygen atoms in total. The molecule has 2 amide bonds. The molecule has 0 saturated heterocycles. The first-order chi connectivity index (χ1) is 14.8. The summed E-state index contributed by atoms with van der Waals surface area (Å²) in [5.41, 5.74) is 3.63. The van der Waals surface area contributed by atoms with Crippen molar-refractivity contribution in [2.45, 2.75) is 32.3 Å². The maximum Gasteiger partial charge on any atom is 0.411 e. The van der Waals surface area contributed by atoms with Crippen LogP contribution in [0.25, 0.3) is 0 Å². The van der Waals surface area contributed by atoms with E-state index in [1.165, 1.54) is 0 Å². The molecule has 1 aliphatic rings. The predicted octanol–water partition coefficient (Wildman–Crippen LogP) is 4.05. The Kier molecular flexibility index (Phi) is 7.27. The van der Waals surface area contributed by atoms with E-state index >= 15 is 0 Å². The van der Waals surface area contributed by atoms with Gasteiger partial charge in [-0.05, 0) is 40.8 Å². The molecule has 2 aromatic carbocycles. The minimum Gasteiger partial charge on any atom is -0.493 e. The Morgan fingerprint density at radius 2 is 1.65 bits per heavy atom. The van der Waals surface area contributed by atoms with Crippen LogP contribution in [0.2, 0.25) is 0 Å². The standard InChI is InChI=1S/C22H25F3N2O4/c1-29-19-9-17-7-8-27(12-18(17)10-20(19)30-2)21(28)26-11-15-3-5-16(6-4-15)13-31-14-22(23,24)25/h3-6,9-10H,7-8,11-14H2,1-2H3,(H,26,28). The van der Waals surface area contributed by atoms with E-state index in [0.29, 0.717) is 36.7 Å². The van der Waals surface area contributed by atoms with Gasteiger partial charge in [0.25, 0.3) is 0 Å². The number of carbonyl (C=O) groups is 1. The summed E-state index contributed by atoms with van der Waals surface area (Å²) < 4.78 is 51.7. The first-order valence-electron chi connectivity index (χ1n) is 9.78. The molecule has 0 bridgehead atoms. The zero-order valence-corrected chi connectivity index (χ0v) is 17.4. The average molecular weight is 438 g/mol. The lowest BCUT2D eigenvalue weighted by Crippen LogP contribution is -2.42. The fourth-order valence-corrected chi connectivity index (χ4v) is 3.38. The number of halogens is 3. The third-order valence-electron chi connectivity index (χ3n) is 5.01. The fraction of sp³-hybridized carbons (Fsp3) is 0.409. The van der Waals surface area contributed by atoms with Crippen LogP contribution in [0.5, 0.6) is 11.5 Å². The van der Waals surface area contributed by atoms with Crippen molar-refractivity contribution in [3.05, 3.63) is 58.7 Å². The Morgan fingerprint density at radius 3 is 2.26 bits per heavy atom. The molecule has 3 rings (SSSR count). The summed E-state index contributed by atoms with van der Waals surface area (Å²) in [6, 6.07) is 10.6. The lowest BCUT2D eigenvalue weighted by Gasteiger charge is -2.29. The zero-order valence-electron chi connectivity index (χ0n) is 17.4. The number of fused-ring (bicyclic) bond motifs is 1. The second-order valence-electron chi connectivity index (χ2n) is 7.23. The molecule has 0 atom stereocenters. The molecular weight excluding hydrogens is 413 g/mol. The number of hydrogen-bond donors (Lipinski definition) is 1. The van der Waals surface area contributed by atoms with Gasteiger partial charge in [-0.3, -0.25) is 0 Å². The SMILES string of the molecule is COc1cc2c(cc1OC)CN(C(=O)NCc1ccc(COCC(F)(F)F)cc1)CC2. The fourth-order valence-electron chi connectivity index (χ4n) is 3.38. The molecule has 1 heterocycles. The average Bonchev–Trinajstić information content (AvgIpc) is 2.76. The van der Waals surface area contributed by atoms with Crippen molar-refractivity contribution in [3.63, 3.8) is 0 Å². The molecule has 2 aromatic rings. The van der Waals surface area contributed by atoms with Gasteiger partial charge in [0.15, 0.2) is 11.5 Å². The molecule has 0 radical (unpaired) electrons. The summed E-state index contributed by atoms with van der Waals surface area (Å²) in [6.45, 7) is -0.0192. The topological polar surface area (TPSA) is 60.0 Å². The van der Waals surface area contributed by atoms with E-state index in [1.807, 2.05) is 12.1 Å². The Hall–Kier alpha value is -2.94. The van der Waals surface area contributed by atoms with Crippen LogP contribution in [-0.4, -0.2) is 44.5 Å². The van der Waals surface area contributed by atoms with Crippen LogP contribution in [-0.2, 0) is 30.9 Å². The van der Waals surface area contributed by atoms with Gasteiger partial charge in [0.1, 0.15) is 6.61 Å². The normalized spacial score (nSPS) is 13.5. The minimum absolute atomic E-state index is 0.117. The number of carbonyl (C=O) groups excluding carboxylic acids is 1. The number of hydrogen-bond acceptors (Lipinski definition) is 4. The van der Waals surface area contributed by atoms with E-state index in [2.05, 4.69) is 10.1 Å². The number of nitrogens with one attached hydrogen (secondary N) is 1. The van der Waals surface area contributed by atoms with Gasteiger partial charge in [-0.15, -0.1) is 0 Å². The maximum atomic E-state index is 12.6. The predicted molar refractivity (Wildman–Crippen MR) is 108 cm³/mol. The van der Waals surface area contributed by atoms with Gasteiger partial charge in [-0.2, -0.15) is 13.2 Å². The first-order valence-corrected chi connectivity index (χ1v) is 9.78. The second-order valence-corrected chi connectivity index (χ2v) is 7.23. The van der Waals surface area contributed by atoms with E-state index in [0.717, 1.165) is 23.1 Å². The van der Waals surface area contributed by atoms with Crippen LogP contribution in [0.15, 0.2) is 36.4 Å². The highest BCUT2D eigenvalue weighted by Crippen LogP contribution is 2.33. The largest absolute Gasteiger partial charge is 0.493 e. The molecule has 0 aliphatic carbocycles. The van der Waals surface area contributed by atoms with Crippen LogP contribution >= 0.6 is 0 Å². The smallest absolute Gasteiger partial charge is 0.411 e. The van der Waals surface area contributed by atoms with Crippen molar-refractivity contribution in [1.82, 2.24) is 10.2 Å². The van der Waals surface area contributed by atoms with E-state index in [4.69, 9.17) is 9.47 Å². The van der Waals surface area contributed by atoms with Crippen molar-refractivity contribution < 1.29 is 32.2 Å². The zero-order chi connectivity index (χ0) is 22.4. The number of benzene rings is 2. The highest BCUT2D eigenvalue weighted by Gasteiger charge is 2.27. The molecule has 1 N–H and O–H groups in total. The summed E-state index contributed by atoms with van der Waals surface area (Å²) in [5.74, 6) is 1.30. The Balaban J connectivity index is 1.51. The van der Waals surface area contributed by atoms with Crippen molar-refractivity contribution in [2.75, 3.05) is 27.4 Å². The molecule has 0 fully saturated rings. The summed E-state index contributed by atoms with van der Waals surface area (Å²) in [7, 11) is 3.17. The lowest BCUT2D eigenvalue weighted by molar-refractivity contribution is -0.176. The Bertz CT molecular complexity index is 901. The number of urea groups is 1. The molecule has 0 saturated carbocycles. The van der Waals surface area contributed by atoms with Gasteiger partial charge < -0.3 is 24.4 Å². The molecule has 0 unspecified atom stereocenters. The number of methoxy groups -OCH3 is 2. The molecule has 9 heteroatoms. The third-order valence-corrected chi connectivity index (χ3v) is 5.01. The van der Waals surface area contributed by atoms with Crippen LogP contribution in [0.4, 0.5) is 18.0 Å². The van der Waals surface area contributed by atoms with Crippen molar-refractivity contribution >= 4 is 6.03 Å². The molecule has 168 valence electrons. The highest BCUT2D eigenvalue weighted by molar-refractivity contribution is 5.74. The van der Waals surface area contributed by atoms with Crippen molar-refractivity contribution in [1.29, 1.82) is 0 Å². The number of ether oxygens (including phenoxy) is 3. The quantitative estimate of drug-likeness (QED) is 0.709. The molecule has 1 aliphatic heterocycles. The minimum atomic E-state index is -4.34. The third kappa shape index (κ3) is 6.27. The maximum absolute atomic E-state index is 12.6. The first kappa shape index (κ1) is 22.7. The Labute approximate surface area is 178 Å². The summed E-state index contributed by atoms with van der Waals surface area (Å²) in [6.07, 6.45) is -3.62. The molecule has 31 heavy (non-hydrogen) atoms. The highest BCUT2D eigenvalue weighted by atomic mass is 19.4. The van der Waals surface area contributed by atoms with Crippen LogP contribution in [0, 0.1) is 0 Å². The molecule has 0 spiro atoms. The van der Waals surface area contributed by atoms with Gasteiger partial charge in [0.2, 0.25) is 0 Å². The summed E-state index contributed by atoms with van der Waals surface area (Å²) >= 11 is 0. The monoisotopic (exact) mass is 438 g/mol. The number of alkyl halides is 3. The summed E-state index contributed by atoms with van der Waals surface area (Å²) in [4.78, 5) is 14.3. The van der Waals surface area contributed by atoms with Crippen LogP contribution in [0.1, 0.15) is 22.3 Å². The van der Waals surface area contributed by atoms with Crippen LogP contribution in [0.3, 0.4) is 0 Å². The number of amides is 2. The van der Waals surface area contributed by atoms with Crippen molar-refractivity contribution in [2.24, 2.45) is 0 Å². The van der Waals surface area contributed by atoms with Gasteiger partial charge in [0.05, 0.1) is 20.8 Å². The number of rotatable bonds is 7. The van der Waals surface area contributed by atoms with E-state index in [-0.39, 0.29) is 12.6 Å². The second kappa shape index (κ2) is 9.91. The van der Waals surface area contributed by atoms with Crippen LogP contribution < -0.4 is 14.8 Å². The van der Waals surface area contributed by atoms with Gasteiger partial charge >= 0.3 is 12.2 Å². The van der Waals surface area contributed by atoms with Gasteiger partial charge in [-0.25, -0.2) is 4.79 Å².